The lowest BCUT2D eigenvalue weighted by atomic mass is 10.0. The molecular weight excluding hydrogens is 218 g/mol. The quantitative estimate of drug-likeness (QED) is 0.503. The SMILES string of the molecule is CCCCCC1=C(C)C(O)CC1=NNC(N)=O. The summed E-state index contributed by atoms with van der Waals surface area (Å²) in [6.45, 7) is 4.06. The highest BCUT2D eigenvalue weighted by Gasteiger charge is 2.25. The third-order valence-corrected chi connectivity index (χ3v) is 3.04. The van der Waals surface area contributed by atoms with Gasteiger partial charge in [0.1, 0.15) is 0 Å². The van der Waals surface area contributed by atoms with Crippen LogP contribution in [0.4, 0.5) is 4.79 Å². The van der Waals surface area contributed by atoms with E-state index in [0.717, 1.165) is 42.5 Å². The van der Waals surface area contributed by atoms with E-state index in [9.17, 15) is 9.90 Å². The fourth-order valence-electron chi connectivity index (χ4n) is 2.02. The molecule has 0 bridgehead atoms. The van der Waals surface area contributed by atoms with Crippen LogP contribution in [0.15, 0.2) is 16.2 Å². The Kier molecular flexibility index (Phi) is 5.15. The Labute approximate surface area is 102 Å². The minimum absolute atomic E-state index is 0.466. The number of allylic oxidation sites excluding steroid dienone is 1. The number of nitrogens with one attached hydrogen (secondary N) is 1. The van der Waals surface area contributed by atoms with Gasteiger partial charge in [-0.1, -0.05) is 19.8 Å². The van der Waals surface area contributed by atoms with Crippen LogP contribution in [0.3, 0.4) is 0 Å². The summed E-state index contributed by atoms with van der Waals surface area (Å²) in [4.78, 5) is 10.6. The third kappa shape index (κ3) is 3.85. The van der Waals surface area contributed by atoms with Gasteiger partial charge in [-0.05, 0) is 30.9 Å². The van der Waals surface area contributed by atoms with Crippen molar-refractivity contribution in [3.05, 3.63) is 11.1 Å². The second kappa shape index (κ2) is 6.39. The van der Waals surface area contributed by atoms with E-state index in [1.807, 2.05) is 6.92 Å². The number of carbonyl (C=O) groups is 1. The topological polar surface area (TPSA) is 87.7 Å². The van der Waals surface area contributed by atoms with E-state index in [2.05, 4.69) is 17.5 Å². The molecule has 1 aliphatic carbocycles. The van der Waals surface area contributed by atoms with E-state index < -0.39 is 12.1 Å². The Morgan fingerprint density at radius 3 is 2.88 bits per heavy atom. The lowest BCUT2D eigenvalue weighted by Gasteiger charge is -2.05. The van der Waals surface area contributed by atoms with Gasteiger partial charge in [0.15, 0.2) is 0 Å². The summed E-state index contributed by atoms with van der Waals surface area (Å²) < 4.78 is 0. The molecule has 17 heavy (non-hydrogen) atoms. The van der Waals surface area contributed by atoms with E-state index in [0.29, 0.717) is 6.42 Å². The highest BCUT2D eigenvalue weighted by molar-refractivity contribution is 6.04. The number of unbranched alkanes of at least 4 members (excludes halogenated alkanes) is 2. The zero-order valence-corrected chi connectivity index (χ0v) is 10.5. The maximum atomic E-state index is 10.6. The maximum Gasteiger partial charge on any atom is 0.332 e. The minimum atomic E-state index is -0.676. The molecule has 0 heterocycles. The number of amides is 2. The van der Waals surface area contributed by atoms with Crippen molar-refractivity contribution in [2.45, 2.75) is 52.1 Å². The highest BCUT2D eigenvalue weighted by Crippen LogP contribution is 2.28. The second-order valence-corrected chi connectivity index (χ2v) is 4.37. The number of nitrogens with zero attached hydrogens (tertiary/aromatic N) is 1. The molecule has 1 rings (SSSR count). The Morgan fingerprint density at radius 1 is 1.59 bits per heavy atom. The summed E-state index contributed by atoms with van der Waals surface area (Å²) in [6, 6.07) is -0.676. The molecule has 2 amide bonds. The standard InChI is InChI=1S/C12H21N3O2/c1-3-4-5-6-9-8(2)11(16)7-10(9)14-15-12(13)17/h11,16H,3-7H2,1-2H3,(H3,13,15,17). The van der Waals surface area contributed by atoms with Gasteiger partial charge in [-0.2, -0.15) is 5.10 Å². The number of nitrogens with two attached hydrogens (primary N) is 1. The van der Waals surface area contributed by atoms with Crippen LogP contribution in [0.5, 0.6) is 0 Å². The number of hydrogen-bond acceptors (Lipinski definition) is 3. The Hall–Kier alpha value is -1.36. The molecule has 0 saturated carbocycles. The van der Waals surface area contributed by atoms with Crippen molar-refractivity contribution in [2.24, 2.45) is 10.8 Å². The minimum Gasteiger partial charge on any atom is -0.388 e. The lowest BCUT2D eigenvalue weighted by Crippen LogP contribution is -2.26. The first-order valence-corrected chi connectivity index (χ1v) is 6.06. The molecule has 0 fully saturated rings. The predicted molar refractivity (Wildman–Crippen MR) is 67.6 cm³/mol. The molecule has 1 aliphatic rings. The summed E-state index contributed by atoms with van der Waals surface area (Å²) in [5.41, 5.74) is 9.99. The molecule has 0 saturated heterocycles. The molecule has 4 N–H and O–H groups in total. The molecule has 5 nitrogen and oxygen atoms in total. The van der Waals surface area contributed by atoms with Gasteiger partial charge in [0.2, 0.25) is 0 Å². The van der Waals surface area contributed by atoms with Crippen LogP contribution in [0.1, 0.15) is 46.0 Å². The van der Waals surface area contributed by atoms with Gasteiger partial charge < -0.3 is 10.8 Å². The number of urea groups is 1. The molecular formula is C12H21N3O2. The summed E-state index contributed by atoms with van der Waals surface area (Å²) in [6.07, 6.45) is 4.28. The monoisotopic (exact) mass is 239 g/mol. The number of rotatable bonds is 5. The van der Waals surface area contributed by atoms with Crippen molar-refractivity contribution in [1.29, 1.82) is 0 Å². The van der Waals surface area contributed by atoms with Crippen LogP contribution in [0, 0.1) is 0 Å². The van der Waals surface area contributed by atoms with Crippen LogP contribution in [0.25, 0.3) is 0 Å². The van der Waals surface area contributed by atoms with E-state index in [1.54, 1.807) is 0 Å². The number of aliphatic hydroxyl groups excluding tert-OH is 1. The van der Waals surface area contributed by atoms with Crippen molar-refractivity contribution in [3.63, 3.8) is 0 Å². The Morgan fingerprint density at radius 2 is 2.29 bits per heavy atom. The number of aliphatic hydroxyl groups is 1. The first-order valence-electron chi connectivity index (χ1n) is 6.06. The van der Waals surface area contributed by atoms with Crippen molar-refractivity contribution >= 4 is 11.7 Å². The maximum absolute atomic E-state index is 10.6. The molecule has 96 valence electrons. The number of hydrogen-bond donors (Lipinski definition) is 3. The van der Waals surface area contributed by atoms with Crippen molar-refractivity contribution < 1.29 is 9.90 Å². The normalized spacial score (nSPS) is 22.3. The highest BCUT2D eigenvalue weighted by atomic mass is 16.3. The van der Waals surface area contributed by atoms with Crippen LogP contribution >= 0.6 is 0 Å². The summed E-state index contributed by atoms with van der Waals surface area (Å²) in [7, 11) is 0. The van der Waals surface area contributed by atoms with E-state index in [4.69, 9.17) is 5.73 Å². The molecule has 1 unspecified atom stereocenters. The van der Waals surface area contributed by atoms with Crippen molar-refractivity contribution in [1.82, 2.24) is 5.43 Å². The molecule has 5 heteroatoms. The Balaban J connectivity index is 2.71. The fraction of sp³-hybridized carbons (Fsp3) is 0.667. The smallest absolute Gasteiger partial charge is 0.332 e. The average molecular weight is 239 g/mol. The molecule has 0 aliphatic heterocycles. The molecule has 0 radical (unpaired) electrons. The van der Waals surface area contributed by atoms with Gasteiger partial charge in [0.05, 0.1) is 11.8 Å². The Bertz CT molecular complexity index is 348. The van der Waals surface area contributed by atoms with Crippen LogP contribution in [0.2, 0.25) is 0 Å². The van der Waals surface area contributed by atoms with Crippen LogP contribution in [-0.2, 0) is 0 Å². The molecule has 0 aromatic rings. The lowest BCUT2D eigenvalue weighted by molar-refractivity contribution is 0.223. The van der Waals surface area contributed by atoms with E-state index >= 15 is 0 Å². The first kappa shape index (κ1) is 13.7. The second-order valence-electron chi connectivity index (χ2n) is 4.37. The number of carbonyl (C=O) groups excluding carboxylic acids is 1. The predicted octanol–water partition coefficient (Wildman–Crippen LogP) is 1.67. The van der Waals surface area contributed by atoms with Crippen LogP contribution in [-0.4, -0.2) is 23.0 Å². The largest absolute Gasteiger partial charge is 0.388 e. The summed E-state index contributed by atoms with van der Waals surface area (Å²) in [5.74, 6) is 0. The summed E-state index contributed by atoms with van der Waals surface area (Å²) in [5, 5.41) is 13.7. The average Bonchev–Trinajstić information content (AvgIpc) is 2.54. The zero-order chi connectivity index (χ0) is 12.8. The van der Waals surface area contributed by atoms with Crippen molar-refractivity contribution in [2.75, 3.05) is 0 Å². The van der Waals surface area contributed by atoms with Crippen molar-refractivity contribution in [3.8, 4) is 0 Å². The zero-order valence-electron chi connectivity index (χ0n) is 10.5. The van der Waals surface area contributed by atoms with Crippen LogP contribution < -0.4 is 11.2 Å². The summed E-state index contributed by atoms with van der Waals surface area (Å²) >= 11 is 0. The fourth-order valence-corrected chi connectivity index (χ4v) is 2.02. The molecule has 1 atom stereocenters. The molecule has 0 aromatic heterocycles. The van der Waals surface area contributed by atoms with Gasteiger partial charge in [0, 0.05) is 6.42 Å². The third-order valence-electron chi connectivity index (χ3n) is 3.04. The van der Waals surface area contributed by atoms with Gasteiger partial charge in [-0.25, -0.2) is 10.2 Å². The number of hydrazone groups is 1. The van der Waals surface area contributed by atoms with E-state index in [-0.39, 0.29) is 0 Å². The van der Waals surface area contributed by atoms with Gasteiger partial charge >= 0.3 is 6.03 Å². The molecule has 0 spiro atoms. The first-order chi connectivity index (χ1) is 8.06. The number of primary amides is 1. The van der Waals surface area contributed by atoms with Gasteiger partial charge in [0.25, 0.3) is 0 Å². The van der Waals surface area contributed by atoms with Gasteiger partial charge in [-0.3, -0.25) is 0 Å². The molecule has 0 aromatic carbocycles. The van der Waals surface area contributed by atoms with Gasteiger partial charge in [-0.15, -0.1) is 0 Å². The van der Waals surface area contributed by atoms with E-state index in [1.165, 1.54) is 0 Å².